The predicted molar refractivity (Wildman–Crippen MR) is 296 cm³/mol. The summed E-state index contributed by atoms with van der Waals surface area (Å²) in [7, 11) is 0. The maximum Gasteiger partial charge on any atom is 0.326 e. The minimum atomic E-state index is -1.83. The van der Waals surface area contributed by atoms with E-state index >= 15 is 0 Å². The highest BCUT2D eigenvalue weighted by atomic mass is 16.4. The number of aromatic hydroxyl groups is 1. The van der Waals surface area contributed by atoms with Crippen LogP contribution in [0.1, 0.15) is 84.8 Å². The highest BCUT2D eigenvalue weighted by molar-refractivity contribution is 5.99. The number of phenols is 1. The van der Waals surface area contributed by atoms with Gasteiger partial charge in [0, 0.05) is 19.4 Å². The van der Waals surface area contributed by atoms with Gasteiger partial charge in [-0.25, -0.2) is 4.79 Å². The number of amides is 11. The summed E-state index contributed by atoms with van der Waals surface area (Å²) in [6.45, 7) is 6.73. The molecule has 11 atom stereocenters. The van der Waals surface area contributed by atoms with Gasteiger partial charge in [0.25, 0.3) is 0 Å². The van der Waals surface area contributed by atoms with Crippen molar-refractivity contribution in [2.45, 2.75) is 153 Å². The normalized spacial score (nSPS) is 16.5. The Morgan fingerprint density at radius 3 is 1.73 bits per heavy atom. The number of phenolic OH excluding ortho intramolecular Hbond substituents is 1. The molecule has 2 aromatic carbocycles. The molecular weight excluding hydrogens is 1100 g/mol. The standard InChI is InChI=1S/C54H78N12O18/c1-26(2)42(51(80)57-24-40(71)59-37(25-67)49(78)60-34(18-19-41(72)73)47(76)58-28(5)45(74)62-36(54(83)84)22-30-11-8-7-9-12-30)63-48(77)35(23-39(56)70)61-52(81)44(29(6)68)65-50(79)38-13-10-20-66(38)53(82)43(27(3)4)64-46(75)33(55)21-31-14-16-32(69)17-15-31/h7-9,11-12,14-17,26-29,33-38,42-44,67-69H,10,13,18-25,55H2,1-6H3,(H2,56,70)(H,57,80)(H,58,76)(H,59,71)(H,60,78)(H,61,81)(H,62,74)(H,63,77)(H,64,75)(H,65,79)(H,72,73)(H,83,84)/t28-,29+,33-,34-,35-,36-,37-,38-,42-,43-,44+/m0/s1. The number of aliphatic hydroxyl groups is 2. The van der Waals surface area contributed by atoms with Crippen LogP contribution in [0.5, 0.6) is 5.75 Å². The molecule has 1 saturated heterocycles. The first kappa shape index (κ1) is 69.5. The number of carboxylic acids is 2. The average Bonchev–Trinajstić information content (AvgIpc) is 3.57. The molecule has 2 aromatic rings. The Hall–Kier alpha value is -8.77. The van der Waals surface area contributed by atoms with E-state index in [0.717, 1.165) is 6.92 Å². The minimum absolute atomic E-state index is 0.0194. The lowest BCUT2D eigenvalue weighted by atomic mass is 10.00. The van der Waals surface area contributed by atoms with Crippen molar-refractivity contribution in [3.63, 3.8) is 0 Å². The van der Waals surface area contributed by atoms with Gasteiger partial charge in [0.05, 0.1) is 31.7 Å². The van der Waals surface area contributed by atoms with Gasteiger partial charge in [0.15, 0.2) is 0 Å². The average molecular weight is 1180 g/mol. The van der Waals surface area contributed by atoms with Gasteiger partial charge in [-0.15, -0.1) is 0 Å². The van der Waals surface area contributed by atoms with Crippen LogP contribution in [0.2, 0.25) is 0 Å². The number of rotatable bonds is 33. The molecule has 1 aliphatic rings. The van der Waals surface area contributed by atoms with Crippen molar-refractivity contribution in [3.05, 3.63) is 65.7 Å². The number of primary amides is 1. The van der Waals surface area contributed by atoms with E-state index in [1.165, 1.54) is 37.8 Å². The number of aliphatic carboxylic acids is 2. The summed E-state index contributed by atoms with van der Waals surface area (Å²) in [5, 5.41) is 70.2. The molecular formula is C54H78N12O18. The van der Waals surface area contributed by atoms with Crippen molar-refractivity contribution in [2.24, 2.45) is 23.3 Å². The number of nitrogens with zero attached hydrogens (tertiary/aromatic N) is 1. The number of nitrogens with one attached hydrogen (secondary N) is 9. The molecule has 0 unspecified atom stereocenters. The van der Waals surface area contributed by atoms with Gasteiger partial charge in [-0.3, -0.25) is 57.5 Å². The van der Waals surface area contributed by atoms with Crippen molar-refractivity contribution in [2.75, 3.05) is 19.7 Å². The summed E-state index contributed by atoms with van der Waals surface area (Å²) in [6.07, 6.45) is -3.30. The molecule has 30 heteroatoms. The maximum atomic E-state index is 14.0. The van der Waals surface area contributed by atoms with Crippen LogP contribution in [0, 0.1) is 11.8 Å². The highest BCUT2D eigenvalue weighted by Gasteiger charge is 2.42. The molecule has 0 aromatic heterocycles. The van der Waals surface area contributed by atoms with Gasteiger partial charge in [-0.1, -0.05) is 70.2 Å². The Kier molecular flexibility index (Phi) is 27.6. The van der Waals surface area contributed by atoms with Gasteiger partial charge < -0.3 is 89.8 Å². The fourth-order valence-corrected chi connectivity index (χ4v) is 8.60. The summed E-state index contributed by atoms with van der Waals surface area (Å²) in [6, 6.07) is -0.461. The molecule has 0 aliphatic carbocycles. The number of nitrogens with two attached hydrogens (primary N) is 2. The van der Waals surface area contributed by atoms with Crippen molar-refractivity contribution < 1.29 is 87.9 Å². The molecule has 0 spiro atoms. The predicted octanol–water partition coefficient (Wildman–Crippen LogP) is -4.98. The Morgan fingerprint density at radius 2 is 1.17 bits per heavy atom. The van der Waals surface area contributed by atoms with Crippen LogP contribution in [0.4, 0.5) is 0 Å². The molecule has 1 heterocycles. The van der Waals surface area contributed by atoms with Crippen LogP contribution < -0.4 is 59.3 Å². The smallest absolute Gasteiger partial charge is 0.326 e. The summed E-state index contributed by atoms with van der Waals surface area (Å²) in [5.74, 6) is -14.9. The van der Waals surface area contributed by atoms with Crippen LogP contribution in [0.15, 0.2) is 54.6 Å². The fourth-order valence-electron chi connectivity index (χ4n) is 8.60. The van der Waals surface area contributed by atoms with Crippen molar-refractivity contribution in [3.8, 4) is 5.75 Å². The third-order valence-electron chi connectivity index (χ3n) is 13.3. The molecule has 18 N–H and O–H groups in total. The van der Waals surface area contributed by atoms with E-state index in [2.05, 4.69) is 47.9 Å². The van der Waals surface area contributed by atoms with Gasteiger partial charge in [-0.2, -0.15) is 0 Å². The molecule has 1 aliphatic heterocycles. The van der Waals surface area contributed by atoms with Crippen molar-refractivity contribution >= 4 is 76.9 Å². The third kappa shape index (κ3) is 22.2. The molecule has 11 amide bonds. The summed E-state index contributed by atoms with van der Waals surface area (Å²) in [4.78, 5) is 171. The summed E-state index contributed by atoms with van der Waals surface area (Å²) < 4.78 is 0. The number of carbonyl (C=O) groups excluding carboxylic acids is 11. The molecule has 0 radical (unpaired) electrons. The van der Waals surface area contributed by atoms with Crippen molar-refractivity contribution in [1.82, 2.24) is 52.8 Å². The zero-order valence-corrected chi connectivity index (χ0v) is 47.4. The Labute approximate surface area is 483 Å². The third-order valence-corrected chi connectivity index (χ3v) is 13.3. The lowest BCUT2D eigenvalue weighted by Crippen LogP contribution is -2.62. The minimum Gasteiger partial charge on any atom is -0.508 e. The SMILES string of the molecule is CC(C)[C@H](NC(=O)[C@H](CC(N)=O)NC(=O)[C@H](NC(=O)[C@@H]1CCCN1C(=O)[C@@H](NC(=O)[C@@H](N)Cc1ccc(O)cc1)C(C)C)[C@@H](C)O)C(=O)NCC(=O)N[C@@H](CO)C(=O)N[C@@H](CCC(=O)O)C(=O)N[C@@H](C)C(=O)N[C@@H](Cc1ccccc1)C(=O)O. The van der Waals surface area contributed by atoms with Gasteiger partial charge in [0.1, 0.15) is 60.1 Å². The number of likely N-dealkylation sites (tertiary alicyclic amines) is 1. The first-order chi connectivity index (χ1) is 39.4. The zero-order valence-electron chi connectivity index (χ0n) is 47.4. The van der Waals surface area contributed by atoms with Crippen molar-refractivity contribution in [1.29, 1.82) is 0 Å². The quantitative estimate of drug-likeness (QED) is 0.0318. The second kappa shape index (κ2) is 33.4. The lowest BCUT2D eigenvalue weighted by Gasteiger charge is -2.32. The topological polar surface area (TPSA) is 487 Å². The first-order valence-electron chi connectivity index (χ1n) is 27.0. The number of carboxylic acid groups (broad SMARTS) is 2. The Bertz CT molecular complexity index is 2680. The molecule has 30 nitrogen and oxygen atoms in total. The van der Waals surface area contributed by atoms with Gasteiger partial charge in [0.2, 0.25) is 65.0 Å². The van der Waals surface area contributed by atoms with E-state index in [1.54, 1.807) is 56.3 Å². The molecule has 0 saturated carbocycles. The van der Waals surface area contributed by atoms with Crippen LogP contribution in [-0.2, 0) is 75.2 Å². The summed E-state index contributed by atoms with van der Waals surface area (Å²) in [5.41, 5.74) is 12.8. The Morgan fingerprint density at radius 1 is 0.607 bits per heavy atom. The number of carbonyl (C=O) groups is 13. The number of hydrogen-bond donors (Lipinski definition) is 16. The fraction of sp³-hybridized carbons (Fsp3) is 0.537. The first-order valence-corrected chi connectivity index (χ1v) is 27.0. The maximum absolute atomic E-state index is 14.0. The lowest BCUT2D eigenvalue weighted by molar-refractivity contribution is -0.143. The van der Waals surface area contributed by atoms with Crippen LogP contribution in [0.3, 0.4) is 0 Å². The van der Waals surface area contributed by atoms with E-state index in [4.69, 9.17) is 11.5 Å². The van der Waals surface area contributed by atoms with E-state index in [9.17, 15) is 87.9 Å². The number of aliphatic hydroxyl groups excluding tert-OH is 2. The number of hydrogen-bond acceptors (Lipinski definition) is 17. The van der Waals surface area contributed by atoms with Crippen LogP contribution in [0.25, 0.3) is 0 Å². The second-order valence-corrected chi connectivity index (χ2v) is 20.9. The molecule has 3 rings (SSSR count). The largest absolute Gasteiger partial charge is 0.508 e. The molecule has 0 bridgehead atoms. The summed E-state index contributed by atoms with van der Waals surface area (Å²) >= 11 is 0. The second-order valence-electron chi connectivity index (χ2n) is 20.9. The van der Waals surface area contributed by atoms with Crippen LogP contribution in [-0.4, -0.2) is 194 Å². The molecule has 462 valence electrons. The van der Waals surface area contributed by atoms with E-state index in [-0.39, 0.29) is 31.6 Å². The molecule has 84 heavy (non-hydrogen) atoms. The van der Waals surface area contributed by atoms with E-state index in [1.807, 2.05) is 0 Å². The monoisotopic (exact) mass is 1180 g/mol. The molecule has 1 fully saturated rings. The van der Waals surface area contributed by atoms with Gasteiger partial charge >= 0.3 is 11.9 Å². The van der Waals surface area contributed by atoms with Crippen LogP contribution >= 0.6 is 0 Å². The zero-order chi connectivity index (χ0) is 63.1. The Balaban J connectivity index is 1.64. The van der Waals surface area contributed by atoms with E-state index < -0.39 is 188 Å². The van der Waals surface area contributed by atoms with E-state index in [0.29, 0.717) is 17.5 Å². The number of benzene rings is 2. The highest BCUT2D eigenvalue weighted by Crippen LogP contribution is 2.22. The van der Waals surface area contributed by atoms with Gasteiger partial charge in [-0.05, 0) is 74.6 Å².